The van der Waals surface area contributed by atoms with Crippen LogP contribution >= 0.6 is 15.9 Å². The fraction of sp³-hybridized carbons (Fsp3) is 0.409. The second-order valence-corrected chi connectivity index (χ2v) is 8.39. The largest absolute Gasteiger partial charge is 0.378 e. The van der Waals surface area contributed by atoms with Crippen LogP contribution < -0.4 is 10.2 Å². The van der Waals surface area contributed by atoms with Crippen LogP contribution in [0, 0.1) is 0 Å². The van der Waals surface area contributed by atoms with Crippen LogP contribution in [0.1, 0.15) is 36.9 Å². The summed E-state index contributed by atoms with van der Waals surface area (Å²) in [4.78, 5) is 15.3. The number of nitrogens with zero attached hydrogens (tertiary/aromatic N) is 1. The number of carbonyl (C=O) groups excluding carboxylic acids is 1. The van der Waals surface area contributed by atoms with Gasteiger partial charge in [0.2, 0.25) is 5.91 Å². The summed E-state index contributed by atoms with van der Waals surface area (Å²) in [7, 11) is 0. The van der Waals surface area contributed by atoms with Gasteiger partial charge in [-0.25, -0.2) is 0 Å². The van der Waals surface area contributed by atoms with Crippen molar-refractivity contribution in [2.45, 2.75) is 31.2 Å². The monoisotopic (exact) mass is 428 g/mol. The average Bonchev–Trinajstić information content (AvgIpc) is 3.51. The van der Waals surface area contributed by atoms with Gasteiger partial charge in [0.15, 0.2) is 0 Å². The SMILES string of the molecule is CC(NC(=O)C1(c2cccc(Br)c2)CC1)c1ccc(N2CCOCC2)cc1. The van der Waals surface area contributed by atoms with E-state index < -0.39 is 0 Å². The van der Waals surface area contributed by atoms with E-state index in [1.165, 1.54) is 5.69 Å². The predicted octanol–water partition coefficient (Wildman–Crippen LogP) is 4.19. The quantitative estimate of drug-likeness (QED) is 0.775. The van der Waals surface area contributed by atoms with Crippen LogP contribution in [0.5, 0.6) is 0 Å². The molecule has 0 bridgehead atoms. The van der Waals surface area contributed by atoms with Gasteiger partial charge in [-0.15, -0.1) is 0 Å². The van der Waals surface area contributed by atoms with Gasteiger partial charge in [0.25, 0.3) is 0 Å². The molecule has 5 heteroatoms. The van der Waals surface area contributed by atoms with Crippen LogP contribution in [0.25, 0.3) is 0 Å². The molecule has 1 aliphatic carbocycles. The first-order valence-corrected chi connectivity index (χ1v) is 10.4. The number of ether oxygens (including phenoxy) is 1. The van der Waals surface area contributed by atoms with Crippen molar-refractivity contribution >= 4 is 27.5 Å². The highest BCUT2D eigenvalue weighted by atomic mass is 79.9. The smallest absolute Gasteiger partial charge is 0.231 e. The molecule has 1 saturated heterocycles. The molecule has 2 aliphatic rings. The number of benzene rings is 2. The number of nitrogens with one attached hydrogen (secondary N) is 1. The molecular formula is C22H25BrN2O2. The summed E-state index contributed by atoms with van der Waals surface area (Å²) in [6.07, 6.45) is 1.83. The summed E-state index contributed by atoms with van der Waals surface area (Å²) in [5.74, 6) is 0.130. The minimum atomic E-state index is -0.355. The van der Waals surface area contributed by atoms with E-state index in [0.29, 0.717) is 0 Å². The minimum absolute atomic E-state index is 0.0131. The Hall–Kier alpha value is -1.85. The van der Waals surface area contributed by atoms with Crippen molar-refractivity contribution in [3.05, 3.63) is 64.1 Å². The van der Waals surface area contributed by atoms with Gasteiger partial charge in [-0.05, 0) is 55.2 Å². The lowest BCUT2D eigenvalue weighted by Crippen LogP contribution is -2.37. The number of morpholine rings is 1. The molecule has 4 rings (SSSR count). The van der Waals surface area contributed by atoms with Crippen LogP contribution in [-0.4, -0.2) is 32.2 Å². The first kappa shape index (κ1) is 18.5. The Morgan fingerprint density at radius 3 is 2.48 bits per heavy atom. The van der Waals surface area contributed by atoms with E-state index in [-0.39, 0.29) is 17.4 Å². The van der Waals surface area contributed by atoms with Crippen molar-refractivity contribution < 1.29 is 9.53 Å². The van der Waals surface area contributed by atoms with Gasteiger partial charge in [0.05, 0.1) is 24.7 Å². The summed E-state index contributed by atoms with van der Waals surface area (Å²) in [6.45, 7) is 5.48. The average molecular weight is 429 g/mol. The number of amides is 1. The summed E-state index contributed by atoms with van der Waals surface area (Å²) < 4.78 is 6.44. The van der Waals surface area contributed by atoms with Crippen LogP contribution in [-0.2, 0) is 14.9 Å². The van der Waals surface area contributed by atoms with E-state index in [2.05, 4.69) is 69.5 Å². The lowest BCUT2D eigenvalue weighted by atomic mass is 9.94. The zero-order chi connectivity index (χ0) is 18.9. The summed E-state index contributed by atoms with van der Waals surface area (Å²) in [5, 5.41) is 3.23. The number of rotatable bonds is 5. The van der Waals surface area contributed by atoms with Crippen LogP contribution in [0.3, 0.4) is 0 Å². The van der Waals surface area contributed by atoms with E-state index in [1.807, 2.05) is 12.1 Å². The van der Waals surface area contributed by atoms with Crippen molar-refractivity contribution in [2.24, 2.45) is 0 Å². The van der Waals surface area contributed by atoms with E-state index >= 15 is 0 Å². The lowest BCUT2D eigenvalue weighted by molar-refractivity contribution is -0.124. The number of halogens is 1. The fourth-order valence-corrected chi connectivity index (χ4v) is 4.17. The normalized spacial score (nSPS) is 19.4. The highest BCUT2D eigenvalue weighted by Gasteiger charge is 2.51. The molecule has 1 N–H and O–H groups in total. The first-order chi connectivity index (χ1) is 13.1. The van der Waals surface area contributed by atoms with Gasteiger partial charge >= 0.3 is 0 Å². The Balaban J connectivity index is 1.42. The summed E-state index contributed by atoms with van der Waals surface area (Å²) >= 11 is 3.52. The zero-order valence-corrected chi connectivity index (χ0v) is 17.2. The molecule has 2 fully saturated rings. The van der Waals surface area contributed by atoms with Crippen LogP contribution in [0.2, 0.25) is 0 Å². The number of anilines is 1. The molecule has 1 atom stereocenters. The van der Waals surface area contributed by atoms with Gasteiger partial charge in [-0.2, -0.15) is 0 Å². The molecule has 27 heavy (non-hydrogen) atoms. The van der Waals surface area contributed by atoms with Crippen molar-refractivity contribution in [2.75, 3.05) is 31.2 Å². The maximum atomic E-state index is 13.0. The second-order valence-electron chi connectivity index (χ2n) is 7.48. The molecule has 0 spiro atoms. The number of carbonyl (C=O) groups is 1. The molecule has 1 unspecified atom stereocenters. The Bertz CT molecular complexity index is 811. The van der Waals surface area contributed by atoms with Gasteiger partial charge < -0.3 is 15.0 Å². The highest BCUT2D eigenvalue weighted by Crippen LogP contribution is 2.49. The van der Waals surface area contributed by atoms with Crippen molar-refractivity contribution in [1.82, 2.24) is 5.32 Å². The molecular weight excluding hydrogens is 404 g/mol. The maximum Gasteiger partial charge on any atom is 0.231 e. The number of hydrogen-bond acceptors (Lipinski definition) is 3. The molecule has 142 valence electrons. The summed E-state index contributed by atoms with van der Waals surface area (Å²) in [5.41, 5.74) is 3.09. The molecule has 1 heterocycles. The second kappa shape index (κ2) is 7.64. The van der Waals surface area contributed by atoms with E-state index in [9.17, 15) is 4.79 Å². The Morgan fingerprint density at radius 1 is 1.15 bits per heavy atom. The molecule has 0 radical (unpaired) electrons. The standard InChI is InChI=1S/C22H25BrN2O2/c1-16(17-5-7-20(8-6-17)25-11-13-27-14-12-25)24-21(26)22(9-10-22)18-3-2-4-19(23)15-18/h2-8,15-16H,9-14H2,1H3,(H,24,26). The fourth-order valence-electron chi connectivity index (χ4n) is 3.77. The third-order valence-electron chi connectivity index (χ3n) is 5.68. The van der Waals surface area contributed by atoms with E-state index in [0.717, 1.165) is 54.7 Å². The van der Waals surface area contributed by atoms with Crippen LogP contribution in [0.4, 0.5) is 5.69 Å². The first-order valence-electron chi connectivity index (χ1n) is 9.58. The topological polar surface area (TPSA) is 41.6 Å². The zero-order valence-electron chi connectivity index (χ0n) is 15.6. The number of hydrogen-bond donors (Lipinski definition) is 1. The van der Waals surface area contributed by atoms with Gasteiger partial charge in [-0.1, -0.05) is 40.2 Å². The minimum Gasteiger partial charge on any atom is -0.378 e. The van der Waals surface area contributed by atoms with E-state index in [1.54, 1.807) is 0 Å². The van der Waals surface area contributed by atoms with E-state index in [4.69, 9.17) is 4.74 Å². The molecule has 2 aromatic rings. The van der Waals surface area contributed by atoms with Gasteiger partial charge in [0, 0.05) is 23.2 Å². The van der Waals surface area contributed by atoms with Crippen LogP contribution in [0.15, 0.2) is 53.0 Å². The molecule has 2 aromatic carbocycles. The van der Waals surface area contributed by atoms with Gasteiger partial charge in [0.1, 0.15) is 0 Å². The predicted molar refractivity (Wildman–Crippen MR) is 111 cm³/mol. The Kier molecular flexibility index (Phi) is 5.24. The molecule has 1 aliphatic heterocycles. The summed E-state index contributed by atoms with van der Waals surface area (Å²) in [6, 6.07) is 16.6. The molecule has 4 nitrogen and oxygen atoms in total. The third-order valence-corrected chi connectivity index (χ3v) is 6.17. The Morgan fingerprint density at radius 2 is 1.85 bits per heavy atom. The molecule has 1 amide bonds. The van der Waals surface area contributed by atoms with Gasteiger partial charge in [-0.3, -0.25) is 4.79 Å². The molecule has 1 saturated carbocycles. The van der Waals surface area contributed by atoms with Crippen molar-refractivity contribution in [1.29, 1.82) is 0 Å². The Labute approximate surface area is 169 Å². The highest BCUT2D eigenvalue weighted by molar-refractivity contribution is 9.10. The van der Waals surface area contributed by atoms with Crippen molar-refractivity contribution in [3.63, 3.8) is 0 Å². The molecule has 0 aromatic heterocycles. The maximum absolute atomic E-state index is 13.0. The third kappa shape index (κ3) is 3.90. The lowest BCUT2D eigenvalue weighted by Gasteiger charge is -2.29. The van der Waals surface area contributed by atoms with Crippen molar-refractivity contribution in [3.8, 4) is 0 Å².